The first-order valence-corrected chi connectivity index (χ1v) is 6.47. The van der Waals surface area contributed by atoms with Gasteiger partial charge in [-0.05, 0) is 18.1 Å². The Morgan fingerprint density at radius 2 is 2.12 bits per heavy atom. The maximum Gasteiger partial charge on any atom is 0.161 e. The first kappa shape index (κ1) is 12.4. The number of aliphatic imine (C=N–C) groups is 1. The van der Waals surface area contributed by atoms with E-state index in [0.717, 1.165) is 23.1 Å². The van der Waals surface area contributed by atoms with E-state index in [-0.39, 0.29) is 0 Å². The number of anilines is 1. The number of rotatable bonds is 2. The minimum absolute atomic E-state index is 0.299. The molecular weight excluding hydrogens is 242 g/mol. The number of nitrogens with one attached hydrogen (secondary N) is 1. The fourth-order valence-electron chi connectivity index (χ4n) is 1.50. The summed E-state index contributed by atoms with van der Waals surface area (Å²) in [6, 6.07) is 4.05. The summed E-state index contributed by atoms with van der Waals surface area (Å²) in [5, 5.41) is 3.77. The van der Waals surface area contributed by atoms with Gasteiger partial charge in [-0.1, -0.05) is 25.6 Å². The molecule has 1 aliphatic heterocycles. The maximum atomic E-state index is 13.0. The standard InChI is InChI=1S/C12H14F2N2S/c1-7(2)11-6-17-12(16-11)15-8-3-4-9(13)10(14)5-8/h3-5,7,11H,6H2,1-2H3,(H,15,16). The second kappa shape index (κ2) is 5.04. The molecule has 2 nitrogen and oxygen atoms in total. The Labute approximate surface area is 104 Å². The quantitative estimate of drug-likeness (QED) is 0.875. The number of halogens is 2. The Hall–Kier alpha value is -1.10. The second-order valence-corrected chi connectivity index (χ2v) is 5.32. The number of hydrogen-bond donors (Lipinski definition) is 1. The van der Waals surface area contributed by atoms with Gasteiger partial charge < -0.3 is 5.32 Å². The fourth-order valence-corrected chi connectivity index (χ4v) is 2.68. The number of hydrogen-bond acceptors (Lipinski definition) is 3. The van der Waals surface area contributed by atoms with Gasteiger partial charge in [-0.2, -0.15) is 0 Å². The van der Waals surface area contributed by atoms with Gasteiger partial charge in [0.15, 0.2) is 16.8 Å². The van der Waals surface area contributed by atoms with E-state index in [2.05, 4.69) is 24.2 Å². The van der Waals surface area contributed by atoms with Gasteiger partial charge in [-0.3, -0.25) is 4.99 Å². The van der Waals surface area contributed by atoms with Crippen LogP contribution in [0, 0.1) is 17.6 Å². The molecule has 0 bridgehead atoms. The molecule has 0 saturated carbocycles. The summed E-state index contributed by atoms with van der Waals surface area (Å²) >= 11 is 1.61. The highest BCUT2D eigenvalue weighted by Crippen LogP contribution is 2.24. The molecule has 0 saturated heterocycles. The molecule has 2 rings (SSSR count). The molecule has 17 heavy (non-hydrogen) atoms. The van der Waals surface area contributed by atoms with Gasteiger partial charge in [-0.15, -0.1) is 0 Å². The number of thioether (sulfide) groups is 1. The Morgan fingerprint density at radius 3 is 2.71 bits per heavy atom. The first-order chi connectivity index (χ1) is 8.06. The molecule has 1 N–H and O–H groups in total. The van der Waals surface area contributed by atoms with Crippen molar-refractivity contribution in [2.75, 3.05) is 11.1 Å². The largest absolute Gasteiger partial charge is 0.335 e. The molecule has 1 aromatic carbocycles. The van der Waals surface area contributed by atoms with Crippen molar-refractivity contribution in [1.82, 2.24) is 0 Å². The predicted octanol–water partition coefficient (Wildman–Crippen LogP) is 3.50. The van der Waals surface area contributed by atoms with Crippen LogP contribution in [-0.2, 0) is 0 Å². The highest BCUT2D eigenvalue weighted by molar-refractivity contribution is 8.14. The lowest BCUT2D eigenvalue weighted by atomic mass is 10.1. The molecule has 0 aromatic heterocycles. The third kappa shape index (κ3) is 2.97. The zero-order valence-electron chi connectivity index (χ0n) is 9.71. The van der Waals surface area contributed by atoms with Crippen molar-refractivity contribution < 1.29 is 8.78 Å². The summed E-state index contributed by atoms with van der Waals surface area (Å²) in [5.41, 5.74) is 0.527. The molecule has 92 valence electrons. The number of amidine groups is 1. The van der Waals surface area contributed by atoms with Gasteiger partial charge in [0.1, 0.15) is 0 Å². The lowest BCUT2D eigenvalue weighted by molar-refractivity contribution is 0.509. The van der Waals surface area contributed by atoms with Gasteiger partial charge in [0, 0.05) is 17.5 Å². The summed E-state index contributed by atoms with van der Waals surface area (Å²) in [6.07, 6.45) is 0. The molecule has 1 aliphatic rings. The van der Waals surface area contributed by atoms with Crippen molar-refractivity contribution in [2.24, 2.45) is 10.9 Å². The molecule has 0 amide bonds. The lowest BCUT2D eigenvalue weighted by Crippen LogP contribution is -2.12. The zero-order valence-corrected chi connectivity index (χ0v) is 10.5. The highest BCUT2D eigenvalue weighted by Gasteiger charge is 2.21. The van der Waals surface area contributed by atoms with E-state index < -0.39 is 11.6 Å². The summed E-state index contributed by atoms with van der Waals surface area (Å²) in [4.78, 5) is 4.49. The molecule has 5 heteroatoms. The maximum absolute atomic E-state index is 13.0. The molecule has 0 fully saturated rings. The summed E-state index contributed by atoms with van der Waals surface area (Å²) in [6.45, 7) is 4.24. The van der Waals surface area contributed by atoms with Gasteiger partial charge in [0.2, 0.25) is 0 Å². The van der Waals surface area contributed by atoms with Crippen LogP contribution < -0.4 is 5.32 Å². The summed E-state index contributed by atoms with van der Waals surface area (Å²) < 4.78 is 25.7. The van der Waals surface area contributed by atoms with E-state index in [9.17, 15) is 8.78 Å². The molecular formula is C12H14F2N2S. The van der Waals surface area contributed by atoms with Crippen LogP contribution in [0.25, 0.3) is 0 Å². The lowest BCUT2D eigenvalue weighted by Gasteiger charge is -2.08. The van der Waals surface area contributed by atoms with Crippen LogP contribution in [0.1, 0.15) is 13.8 Å². The molecule has 1 heterocycles. The van der Waals surface area contributed by atoms with Crippen molar-refractivity contribution in [1.29, 1.82) is 0 Å². The van der Waals surface area contributed by atoms with Crippen LogP contribution in [0.4, 0.5) is 14.5 Å². The van der Waals surface area contributed by atoms with Crippen LogP contribution in [0.15, 0.2) is 23.2 Å². The third-order valence-corrected chi connectivity index (χ3v) is 3.60. The first-order valence-electron chi connectivity index (χ1n) is 5.49. The Bertz CT molecular complexity index is 446. The zero-order chi connectivity index (χ0) is 12.4. The Balaban J connectivity index is 2.06. The van der Waals surface area contributed by atoms with E-state index in [4.69, 9.17) is 0 Å². The number of benzene rings is 1. The monoisotopic (exact) mass is 256 g/mol. The van der Waals surface area contributed by atoms with Crippen molar-refractivity contribution in [2.45, 2.75) is 19.9 Å². The highest BCUT2D eigenvalue weighted by atomic mass is 32.2. The average Bonchev–Trinajstić information content (AvgIpc) is 2.72. The van der Waals surface area contributed by atoms with Crippen LogP contribution in [-0.4, -0.2) is 17.0 Å². The van der Waals surface area contributed by atoms with Crippen LogP contribution >= 0.6 is 11.8 Å². The Morgan fingerprint density at radius 1 is 1.35 bits per heavy atom. The summed E-state index contributed by atoms with van der Waals surface area (Å²) in [5.74, 6) is -0.258. The molecule has 1 atom stereocenters. The van der Waals surface area contributed by atoms with Crippen molar-refractivity contribution in [3.63, 3.8) is 0 Å². The van der Waals surface area contributed by atoms with Crippen molar-refractivity contribution >= 4 is 22.6 Å². The normalized spacial score (nSPS) is 19.6. The van der Waals surface area contributed by atoms with Crippen molar-refractivity contribution in [3.8, 4) is 0 Å². The minimum Gasteiger partial charge on any atom is -0.335 e. The second-order valence-electron chi connectivity index (χ2n) is 4.31. The van der Waals surface area contributed by atoms with Crippen molar-refractivity contribution in [3.05, 3.63) is 29.8 Å². The van der Waals surface area contributed by atoms with Gasteiger partial charge in [-0.25, -0.2) is 8.78 Å². The van der Waals surface area contributed by atoms with E-state index in [0.29, 0.717) is 17.6 Å². The molecule has 0 spiro atoms. The van der Waals surface area contributed by atoms with E-state index in [1.807, 2.05) is 0 Å². The van der Waals surface area contributed by atoms with Crippen LogP contribution in [0.2, 0.25) is 0 Å². The van der Waals surface area contributed by atoms with Gasteiger partial charge in [0.05, 0.1) is 6.04 Å². The molecule has 0 aliphatic carbocycles. The minimum atomic E-state index is -0.848. The van der Waals surface area contributed by atoms with E-state index in [1.54, 1.807) is 11.8 Å². The van der Waals surface area contributed by atoms with E-state index >= 15 is 0 Å². The molecule has 0 radical (unpaired) electrons. The Kier molecular flexibility index (Phi) is 3.66. The van der Waals surface area contributed by atoms with Crippen LogP contribution in [0.5, 0.6) is 0 Å². The fraction of sp³-hybridized carbons (Fsp3) is 0.417. The van der Waals surface area contributed by atoms with Gasteiger partial charge >= 0.3 is 0 Å². The SMILES string of the molecule is CC(C)C1CSC(Nc2ccc(F)c(F)c2)=N1. The third-order valence-electron chi connectivity index (χ3n) is 2.61. The van der Waals surface area contributed by atoms with E-state index in [1.165, 1.54) is 6.07 Å². The smallest absolute Gasteiger partial charge is 0.161 e. The predicted molar refractivity (Wildman–Crippen MR) is 68.5 cm³/mol. The number of nitrogens with zero attached hydrogens (tertiary/aromatic N) is 1. The van der Waals surface area contributed by atoms with Gasteiger partial charge in [0.25, 0.3) is 0 Å². The molecule has 1 aromatic rings. The average molecular weight is 256 g/mol. The molecule has 1 unspecified atom stereocenters. The summed E-state index contributed by atoms with van der Waals surface area (Å²) in [7, 11) is 0. The topological polar surface area (TPSA) is 24.4 Å². The van der Waals surface area contributed by atoms with Crippen LogP contribution in [0.3, 0.4) is 0 Å².